The molecule has 228 valence electrons. The van der Waals surface area contributed by atoms with Gasteiger partial charge in [-0.3, -0.25) is 13.8 Å². The van der Waals surface area contributed by atoms with Crippen LogP contribution in [-0.2, 0) is 33.8 Å². The molecule has 0 aliphatic heterocycles. The molecule has 0 aliphatic carbocycles. The second-order valence-corrected chi connectivity index (χ2v) is 14.3. The highest BCUT2D eigenvalue weighted by Gasteiger charge is 2.26. The molecule has 13 heteroatoms. The van der Waals surface area contributed by atoms with Gasteiger partial charge in [0.2, 0.25) is 10.0 Å². The minimum absolute atomic E-state index is 0.0291. The molecule has 42 heavy (non-hydrogen) atoms. The third kappa shape index (κ3) is 9.18. The van der Waals surface area contributed by atoms with Crippen LogP contribution < -0.4 is 9.47 Å². The minimum Gasteiger partial charge on any atom is -0.496 e. The Kier molecular flexibility index (Phi) is 12.2. The van der Waals surface area contributed by atoms with Crippen molar-refractivity contribution < 1.29 is 31.7 Å². The van der Waals surface area contributed by atoms with E-state index in [9.17, 15) is 22.2 Å². The van der Waals surface area contributed by atoms with Crippen LogP contribution in [0.5, 0.6) is 11.5 Å². The molecule has 2 aromatic carbocycles. The van der Waals surface area contributed by atoms with Gasteiger partial charge < -0.3 is 14.4 Å². The van der Waals surface area contributed by atoms with Crippen molar-refractivity contribution >= 4 is 43.9 Å². The average molecular weight is 636 g/mol. The van der Waals surface area contributed by atoms with E-state index in [4.69, 9.17) is 9.47 Å². The number of amides is 1. The predicted octanol–water partition coefficient (Wildman–Crippen LogP) is 3.57. The number of carbonyl (C=O) groups excluding carboxylic acids is 2. The number of aryl methyl sites for hydroxylation is 1. The molecule has 0 saturated carbocycles. The van der Waals surface area contributed by atoms with Crippen LogP contribution in [0.25, 0.3) is 0 Å². The molecule has 0 saturated heterocycles. The first-order valence-electron chi connectivity index (χ1n) is 13.2. The molecule has 3 rings (SSSR count). The highest BCUT2D eigenvalue weighted by molar-refractivity contribution is 7.89. The first-order chi connectivity index (χ1) is 19.9. The number of hydrogen-bond donors (Lipinski definition) is 0. The number of nitrogens with zero attached hydrogens (tertiary/aromatic N) is 3. The molecule has 1 unspecified atom stereocenters. The van der Waals surface area contributed by atoms with Gasteiger partial charge in [-0.1, -0.05) is 30.3 Å². The van der Waals surface area contributed by atoms with E-state index >= 15 is 0 Å². The number of methoxy groups -OCH3 is 2. The van der Waals surface area contributed by atoms with Crippen molar-refractivity contribution in [3.8, 4) is 11.5 Å². The lowest BCUT2D eigenvalue weighted by Crippen LogP contribution is -2.35. The zero-order valence-electron chi connectivity index (χ0n) is 24.5. The van der Waals surface area contributed by atoms with E-state index in [-0.39, 0.29) is 30.4 Å². The van der Waals surface area contributed by atoms with Crippen molar-refractivity contribution in [3.05, 3.63) is 75.2 Å². The molecule has 1 heterocycles. The zero-order chi connectivity index (χ0) is 30.9. The number of hydrogen-bond acceptors (Lipinski definition) is 9. The van der Waals surface area contributed by atoms with Gasteiger partial charge in [-0.25, -0.2) is 17.7 Å². The Bertz CT molecular complexity index is 1480. The Balaban J connectivity index is 1.79. The summed E-state index contributed by atoms with van der Waals surface area (Å²) in [4.78, 5) is 32.6. The van der Waals surface area contributed by atoms with E-state index in [1.165, 1.54) is 44.2 Å². The Morgan fingerprint density at radius 2 is 1.69 bits per heavy atom. The molecule has 0 fully saturated rings. The van der Waals surface area contributed by atoms with Crippen LogP contribution in [0.1, 0.15) is 43.4 Å². The maximum absolute atomic E-state index is 13.8. The minimum atomic E-state index is -3.90. The van der Waals surface area contributed by atoms with Crippen LogP contribution in [0.3, 0.4) is 0 Å². The summed E-state index contributed by atoms with van der Waals surface area (Å²) in [5.74, 6) is -0.401. The van der Waals surface area contributed by atoms with E-state index in [0.717, 1.165) is 21.9 Å². The second kappa shape index (κ2) is 15.4. The predicted molar refractivity (Wildman–Crippen MR) is 166 cm³/mol. The van der Waals surface area contributed by atoms with Crippen molar-refractivity contribution in [1.82, 2.24) is 14.2 Å². The summed E-state index contributed by atoms with van der Waals surface area (Å²) in [6.45, 7) is 2.46. The van der Waals surface area contributed by atoms with Crippen LogP contribution in [0.2, 0.25) is 0 Å². The van der Waals surface area contributed by atoms with Gasteiger partial charge in [-0.05, 0) is 37.5 Å². The second-order valence-electron chi connectivity index (χ2n) is 9.73. The molecule has 10 nitrogen and oxygen atoms in total. The Morgan fingerprint density at radius 1 is 1.05 bits per heavy atom. The molecule has 0 radical (unpaired) electrons. The highest BCUT2D eigenvalue weighted by Crippen LogP contribution is 2.30. The van der Waals surface area contributed by atoms with Gasteiger partial charge in [0, 0.05) is 59.5 Å². The zero-order valence-corrected chi connectivity index (χ0v) is 26.9. The average Bonchev–Trinajstić information content (AvgIpc) is 3.44. The van der Waals surface area contributed by atoms with Gasteiger partial charge >= 0.3 is 0 Å². The number of Topliss-reactive ketones (excluding diaryl/α,β-unsaturated/α-hetero) is 1. The molecule has 1 atom stereocenters. The van der Waals surface area contributed by atoms with E-state index in [1.807, 2.05) is 37.3 Å². The summed E-state index contributed by atoms with van der Waals surface area (Å²) in [6.07, 6.45) is 2.95. The largest absolute Gasteiger partial charge is 0.496 e. The number of sulfonamides is 1. The van der Waals surface area contributed by atoms with E-state index in [1.54, 1.807) is 17.0 Å². The fraction of sp³-hybridized carbons (Fsp3) is 0.414. The Morgan fingerprint density at radius 3 is 2.29 bits per heavy atom. The lowest BCUT2D eigenvalue weighted by atomic mass is 10.1. The van der Waals surface area contributed by atoms with E-state index in [0.29, 0.717) is 35.0 Å². The van der Waals surface area contributed by atoms with Gasteiger partial charge in [0.15, 0.2) is 5.78 Å². The quantitative estimate of drug-likeness (QED) is 0.219. The molecule has 0 N–H and O–H groups in total. The van der Waals surface area contributed by atoms with Gasteiger partial charge in [-0.2, -0.15) is 0 Å². The molecular formula is C29H37N3O7S3. The van der Waals surface area contributed by atoms with Crippen molar-refractivity contribution in [3.63, 3.8) is 0 Å². The summed E-state index contributed by atoms with van der Waals surface area (Å²) in [6, 6.07) is 13.3. The summed E-state index contributed by atoms with van der Waals surface area (Å²) in [5, 5.41) is 2.02. The van der Waals surface area contributed by atoms with Gasteiger partial charge in [0.1, 0.15) is 28.0 Å². The lowest BCUT2D eigenvalue weighted by Gasteiger charge is -2.23. The molecule has 1 amide bonds. The number of ketones is 1. The topological polar surface area (TPSA) is 123 Å². The van der Waals surface area contributed by atoms with Crippen molar-refractivity contribution in [2.75, 3.05) is 52.1 Å². The number of ether oxygens (including phenoxy) is 2. The maximum Gasteiger partial charge on any atom is 0.254 e. The smallest absolute Gasteiger partial charge is 0.254 e. The normalized spacial score (nSPS) is 12.2. The first kappa shape index (κ1) is 33.4. The van der Waals surface area contributed by atoms with Gasteiger partial charge in [-0.15, -0.1) is 11.3 Å². The van der Waals surface area contributed by atoms with Crippen molar-refractivity contribution in [1.29, 1.82) is 0 Å². The summed E-state index contributed by atoms with van der Waals surface area (Å²) in [7, 11) is -0.632. The Hall–Kier alpha value is -3.13. The molecule has 3 aromatic rings. The van der Waals surface area contributed by atoms with E-state index in [2.05, 4.69) is 4.98 Å². The fourth-order valence-electron chi connectivity index (χ4n) is 4.18. The summed E-state index contributed by atoms with van der Waals surface area (Å²) >= 11 is 1.19. The molecular weight excluding hydrogens is 599 g/mol. The van der Waals surface area contributed by atoms with Crippen LogP contribution in [0.4, 0.5) is 0 Å². The van der Waals surface area contributed by atoms with Crippen LogP contribution >= 0.6 is 11.3 Å². The fourth-order valence-corrected chi connectivity index (χ4v) is 6.71. The van der Waals surface area contributed by atoms with Crippen LogP contribution in [0.15, 0.2) is 47.8 Å². The molecule has 0 spiro atoms. The monoisotopic (exact) mass is 635 g/mol. The van der Waals surface area contributed by atoms with Crippen molar-refractivity contribution in [2.24, 2.45) is 0 Å². The van der Waals surface area contributed by atoms with E-state index < -0.39 is 32.4 Å². The summed E-state index contributed by atoms with van der Waals surface area (Å²) < 4.78 is 48.6. The third-order valence-corrected chi connectivity index (χ3v) is 10.0. The number of rotatable bonds is 16. The van der Waals surface area contributed by atoms with Crippen LogP contribution in [0, 0.1) is 6.92 Å². The molecule has 1 aromatic heterocycles. The SMILES string of the molecule is COc1cc(C(=O)N(CCCc2ccccc2)Cc2nc(C(=O)CS(=O)(=O)N(C)CCS(C)=O)cs2)cc(OC)c1C. The number of aromatic nitrogens is 1. The van der Waals surface area contributed by atoms with Gasteiger partial charge in [0.25, 0.3) is 5.91 Å². The van der Waals surface area contributed by atoms with Crippen molar-refractivity contribution in [2.45, 2.75) is 26.3 Å². The first-order valence-corrected chi connectivity index (χ1v) is 17.4. The highest BCUT2D eigenvalue weighted by atomic mass is 32.2. The van der Waals surface area contributed by atoms with Gasteiger partial charge in [0.05, 0.1) is 20.8 Å². The lowest BCUT2D eigenvalue weighted by molar-refractivity contribution is 0.0740. The molecule has 0 aliphatic rings. The number of thiazole rings is 1. The maximum atomic E-state index is 13.8. The molecule has 0 bridgehead atoms. The number of carbonyl (C=O) groups is 2. The standard InChI is InChI=1S/C29H37N3O7S3/c1-21-26(38-3)16-23(17-27(21)39-4)29(34)32(13-9-12-22-10-7-6-8-11-22)18-28-30-24(19-40-28)25(33)20-42(36,37)31(2)14-15-41(5)35/h6-8,10-11,16-17,19H,9,12-15,18,20H2,1-5H3. The number of benzene rings is 2. The third-order valence-electron chi connectivity index (χ3n) is 6.67. The van der Waals surface area contributed by atoms with Crippen LogP contribution in [-0.4, -0.2) is 90.6 Å². The Labute approximate surface area is 254 Å². The summed E-state index contributed by atoms with van der Waals surface area (Å²) in [5.41, 5.74) is 2.35.